The van der Waals surface area contributed by atoms with Gasteiger partial charge in [0.1, 0.15) is 5.75 Å². The Balaban J connectivity index is 3.18. The Morgan fingerprint density at radius 3 is 2.12 bits per heavy atom. The molecule has 0 saturated heterocycles. The van der Waals surface area contributed by atoms with Crippen LogP contribution < -0.4 is 10.1 Å². The van der Waals surface area contributed by atoms with Gasteiger partial charge in [-0.15, -0.1) is 0 Å². The number of hydrogen-bond acceptors (Lipinski definition) is 3. The third-order valence-corrected chi connectivity index (χ3v) is 2.48. The molecule has 0 aromatic heterocycles. The fourth-order valence-electron chi connectivity index (χ4n) is 1.57. The first-order chi connectivity index (χ1) is 7.60. The number of allylic oxidation sites excluding steroid dienone is 2. The fourth-order valence-corrected chi connectivity index (χ4v) is 1.57. The van der Waals surface area contributed by atoms with Gasteiger partial charge >= 0.3 is 0 Å². The van der Waals surface area contributed by atoms with E-state index in [1.54, 1.807) is 14.0 Å². The van der Waals surface area contributed by atoms with Crippen molar-refractivity contribution in [3.8, 4) is 5.75 Å². The molecule has 0 amide bonds. The van der Waals surface area contributed by atoms with E-state index in [0.29, 0.717) is 5.57 Å². The Morgan fingerprint density at radius 2 is 1.75 bits per heavy atom. The van der Waals surface area contributed by atoms with Crippen LogP contribution in [0.15, 0.2) is 30.0 Å². The highest BCUT2D eigenvalue weighted by molar-refractivity contribution is 6.20. The summed E-state index contributed by atoms with van der Waals surface area (Å²) in [7, 11) is 3.43. The van der Waals surface area contributed by atoms with Gasteiger partial charge in [-0.1, -0.05) is 12.1 Å². The molecule has 1 aromatic carbocycles. The first-order valence-corrected chi connectivity index (χ1v) is 5.14. The zero-order valence-electron chi connectivity index (χ0n) is 10.1. The van der Waals surface area contributed by atoms with Crippen LogP contribution >= 0.6 is 0 Å². The monoisotopic (exact) mass is 219 g/mol. The molecule has 1 N–H and O–H groups in total. The molecule has 0 spiro atoms. The highest BCUT2D eigenvalue weighted by Crippen LogP contribution is 2.21. The van der Waals surface area contributed by atoms with Crippen LogP contribution in [-0.4, -0.2) is 19.9 Å². The topological polar surface area (TPSA) is 38.3 Å². The minimum absolute atomic E-state index is 0.0528. The van der Waals surface area contributed by atoms with Gasteiger partial charge in [0, 0.05) is 18.3 Å². The van der Waals surface area contributed by atoms with Crippen LogP contribution in [0.5, 0.6) is 5.75 Å². The van der Waals surface area contributed by atoms with Crippen molar-refractivity contribution in [3.63, 3.8) is 0 Å². The van der Waals surface area contributed by atoms with Gasteiger partial charge in [-0.05, 0) is 31.5 Å². The van der Waals surface area contributed by atoms with Crippen LogP contribution in [0, 0.1) is 0 Å². The van der Waals surface area contributed by atoms with Gasteiger partial charge in [0.05, 0.1) is 7.11 Å². The Morgan fingerprint density at radius 1 is 1.19 bits per heavy atom. The van der Waals surface area contributed by atoms with E-state index in [4.69, 9.17) is 4.74 Å². The largest absolute Gasteiger partial charge is 0.497 e. The molecule has 3 nitrogen and oxygen atoms in total. The van der Waals surface area contributed by atoms with Crippen LogP contribution in [0.1, 0.15) is 19.4 Å². The molecule has 3 heteroatoms. The highest BCUT2D eigenvalue weighted by Gasteiger charge is 2.10. The van der Waals surface area contributed by atoms with E-state index in [-0.39, 0.29) is 5.78 Å². The number of carbonyl (C=O) groups is 1. The fraction of sp³-hybridized carbons (Fsp3) is 0.308. The highest BCUT2D eigenvalue weighted by atomic mass is 16.5. The average molecular weight is 219 g/mol. The maximum Gasteiger partial charge on any atom is 0.162 e. The van der Waals surface area contributed by atoms with E-state index in [1.165, 1.54) is 0 Å². The average Bonchev–Trinajstić information content (AvgIpc) is 2.29. The summed E-state index contributed by atoms with van der Waals surface area (Å²) in [6.45, 7) is 3.46. The molecule has 0 saturated carbocycles. The van der Waals surface area contributed by atoms with Crippen molar-refractivity contribution in [2.75, 3.05) is 14.2 Å². The van der Waals surface area contributed by atoms with Crippen LogP contribution in [0.3, 0.4) is 0 Å². The predicted octanol–water partition coefficient (Wildman–Crippen LogP) is 2.23. The van der Waals surface area contributed by atoms with Gasteiger partial charge in [-0.25, -0.2) is 0 Å². The molecular weight excluding hydrogens is 202 g/mol. The minimum Gasteiger partial charge on any atom is -0.497 e. The van der Waals surface area contributed by atoms with Gasteiger partial charge in [0.25, 0.3) is 0 Å². The third kappa shape index (κ3) is 2.63. The summed E-state index contributed by atoms with van der Waals surface area (Å²) in [5, 5.41) is 3.00. The van der Waals surface area contributed by atoms with Crippen molar-refractivity contribution < 1.29 is 9.53 Å². The van der Waals surface area contributed by atoms with E-state index in [1.807, 2.05) is 38.2 Å². The Kier molecular flexibility index (Phi) is 4.11. The molecule has 0 aliphatic carbocycles. The molecule has 1 rings (SSSR count). The summed E-state index contributed by atoms with van der Waals surface area (Å²) in [6.07, 6.45) is 0. The van der Waals surface area contributed by atoms with Crippen molar-refractivity contribution >= 4 is 11.4 Å². The first kappa shape index (κ1) is 12.3. The zero-order valence-corrected chi connectivity index (χ0v) is 10.1. The summed E-state index contributed by atoms with van der Waals surface area (Å²) in [4.78, 5) is 11.6. The Labute approximate surface area is 96.1 Å². The van der Waals surface area contributed by atoms with Crippen molar-refractivity contribution in [2.24, 2.45) is 0 Å². The molecule has 0 unspecified atom stereocenters. The van der Waals surface area contributed by atoms with Crippen molar-refractivity contribution in [2.45, 2.75) is 13.8 Å². The molecule has 1 aromatic rings. The van der Waals surface area contributed by atoms with E-state index >= 15 is 0 Å². The number of nitrogens with one attached hydrogen (secondary N) is 1. The second kappa shape index (κ2) is 5.35. The lowest BCUT2D eigenvalue weighted by Crippen LogP contribution is -2.09. The molecular formula is C13H17NO2. The van der Waals surface area contributed by atoms with E-state index in [9.17, 15) is 4.79 Å². The number of carbonyl (C=O) groups excluding carboxylic acids is 1. The van der Waals surface area contributed by atoms with Crippen molar-refractivity contribution in [1.29, 1.82) is 0 Å². The maximum atomic E-state index is 11.6. The van der Waals surface area contributed by atoms with Crippen LogP contribution in [0.2, 0.25) is 0 Å². The Hall–Kier alpha value is -1.77. The lowest BCUT2D eigenvalue weighted by atomic mass is 10.0. The second-order valence-corrected chi connectivity index (χ2v) is 3.53. The number of methoxy groups -OCH3 is 1. The summed E-state index contributed by atoms with van der Waals surface area (Å²) in [5.74, 6) is 0.839. The van der Waals surface area contributed by atoms with Gasteiger partial charge in [-0.2, -0.15) is 0 Å². The summed E-state index contributed by atoms with van der Waals surface area (Å²) >= 11 is 0. The van der Waals surface area contributed by atoms with E-state index in [0.717, 1.165) is 17.0 Å². The van der Waals surface area contributed by atoms with E-state index in [2.05, 4.69) is 5.32 Å². The smallest absolute Gasteiger partial charge is 0.162 e. The number of hydrogen-bond donors (Lipinski definition) is 1. The van der Waals surface area contributed by atoms with Gasteiger partial charge in [0.15, 0.2) is 5.78 Å². The zero-order chi connectivity index (χ0) is 12.1. The first-order valence-electron chi connectivity index (χ1n) is 5.14. The number of ether oxygens (including phenoxy) is 1. The number of rotatable bonds is 4. The van der Waals surface area contributed by atoms with Gasteiger partial charge in [-0.3, -0.25) is 4.79 Å². The lowest BCUT2D eigenvalue weighted by molar-refractivity contribution is -0.111. The standard InChI is InChI=1S/C13H17NO2/c1-9(14-3)13(10(2)15)11-5-7-12(16-4)8-6-11/h5-8,14H,1-4H3/b13-9+. The third-order valence-electron chi connectivity index (χ3n) is 2.48. The number of benzene rings is 1. The SMILES string of the molecule is CN/C(C)=C(\C(C)=O)c1ccc(OC)cc1. The molecule has 16 heavy (non-hydrogen) atoms. The summed E-state index contributed by atoms with van der Waals surface area (Å²) in [5.41, 5.74) is 2.49. The molecule has 0 bridgehead atoms. The Bertz CT molecular complexity index is 404. The van der Waals surface area contributed by atoms with Crippen LogP contribution in [0.25, 0.3) is 5.57 Å². The maximum absolute atomic E-state index is 11.6. The molecule has 0 atom stereocenters. The van der Waals surface area contributed by atoms with Gasteiger partial charge < -0.3 is 10.1 Å². The van der Waals surface area contributed by atoms with Gasteiger partial charge in [0.2, 0.25) is 0 Å². The molecule has 86 valence electrons. The number of ketones is 1. The van der Waals surface area contributed by atoms with Crippen molar-refractivity contribution in [1.82, 2.24) is 5.32 Å². The van der Waals surface area contributed by atoms with Crippen LogP contribution in [0.4, 0.5) is 0 Å². The van der Waals surface area contributed by atoms with Crippen LogP contribution in [-0.2, 0) is 4.79 Å². The minimum atomic E-state index is 0.0528. The lowest BCUT2D eigenvalue weighted by Gasteiger charge is -2.10. The molecule has 0 aliphatic heterocycles. The molecule has 0 fully saturated rings. The summed E-state index contributed by atoms with van der Waals surface area (Å²) in [6, 6.07) is 7.47. The molecule has 0 radical (unpaired) electrons. The normalized spacial score (nSPS) is 11.8. The second-order valence-electron chi connectivity index (χ2n) is 3.53. The molecule has 0 aliphatic rings. The molecule has 0 heterocycles. The predicted molar refractivity (Wildman–Crippen MR) is 65.3 cm³/mol. The quantitative estimate of drug-likeness (QED) is 0.789. The number of Topliss-reactive ketones (excluding diaryl/α,β-unsaturated/α-hetero) is 1. The van der Waals surface area contributed by atoms with E-state index < -0.39 is 0 Å². The van der Waals surface area contributed by atoms with Crippen molar-refractivity contribution in [3.05, 3.63) is 35.5 Å². The summed E-state index contributed by atoms with van der Waals surface area (Å²) < 4.78 is 5.08.